The molecule has 0 N–H and O–H groups in total. The van der Waals surface area contributed by atoms with Crippen LogP contribution in [0.4, 0.5) is 0 Å². The normalized spacial score (nSPS) is 17.9. The first-order valence-electron chi connectivity index (χ1n) is 8.23. The van der Waals surface area contributed by atoms with Crippen molar-refractivity contribution in [1.29, 1.82) is 0 Å². The fraction of sp³-hybridized carbons (Fsp3) is 0.588. The quantitative estimate of drug-likeness (QED) is 0.747. The van der Waals surface area contributed by atoms with Crippen LogP contribution in [-0.2, 0) is 9.53 Å². The summed E-state index contributed by atoms with van der Waals surface area (Å²) in [5.41, 5.74) is 1.09. The van der Waals surface area contributed by atoms with Crippen LogP contribution in [0.3, 0.4) is 0 Å². The second-order valence-corrected chi connectivity index (χ2v) is 6.54. The number of esters is 1. The number of aromatic nitrogens is 1. The standard InChI is InChI=1S/C17H24N2O3S/c1-5-8-10-13-15(20)19-11(4)14(16(21)22-7-3)12(9-6-2)18-17(19)23-13/h10,12H,5-9H2,1-4H3/b13-10-/t12-/m0/s1. The van der Waals surface area contributed by atoms with Gasteiger partial charge in [0.15, 0.2) is 4.80 Å². The molecule has 1 aliphatic rings. The van der Waals surface area contributed by atoms with Crippen molar-refractivity contribution in [3.05, 3.63) is 25.3 Å². The number of hydrogen-bond donors (Lipinski definition) is 0. The lowest BCUT2D eigenvalue weighted by Crippen LogP contribution is -2.37. The topological polar surface area (TPSA) is 60.7 Å². The van der Waals surface area contributed by atoms with E-state index in [1.807, 2.05) is 13.0 Å². The van der Waals surface area contributed by atoms with Crippen LogP contribution in [0.15, 0.2) is 15.4 Å². The lowest BCUT2D eigenvalue weighted by Gasteiger charge is -2.21. The number of thiazole rings is 1. The van der Waals surface area contributed by atoms with E-state index in [0.29, 0.717) is 27.2 Å². The summed E-state index contributed by atoms with van der Waals surface area (Å²) in [5, 5.41) is 0. The third kappa shape index (κ3) is 3.47. The number of fused-ring (bicyclic) bond motifs is 1. The molecule has 126 valence electrons. The largest absolute Gasteiger partial charge is 0.463 e. The second kappa shape index (κ2) is 7.73. The molecule has 0 fully saturated rings. The Balaban J connectivity index is 2.65. The van der Waals surface area contributed by atoms with Crippen molar-refractivity contribution in [3.8, 4) is 0 Å². The van der Waals surface area contributed by atoms with E-state index in [-0.39, 0.29) is 17.6 Å². The molecule has 0 unspecified atom stereocenters. The molecular formula is C17H24N2O3S. The molecule has 0 radical (unpaired) electrons. The molecule has 5 nitrogen and oxygen atoms in total. The number of hydrogen-bond acceptors (Lipinski definition) is 5. The molecule has 0 saturated carbocycles. The minimum absolute atomic E-state index is 0.0866. The van der Waals surface area contributed by atoms with Crippen LogP contribution in [-0.4, -0.2) is 23.2 Å². The average Bonchev–Trinajstić information content (AvgIpc) is 2.82. The van der Waals surface area contributed by atoms with Crippen LogP contribution < -0.4 is 14.9 Å². The highest BCUT2D eigenvalue weighted by Crippen LogP contribution is 2.22. The van der Waals surface area contributed by atoms with Gasteiger partial charge in [-0.3, -0.25) is 9.36 Å². The first-order chi connectivity index (χ1) is 11.0. The molecule has 1 aliphatic heterocycles. The van der Waals surface area contributed by atoms with Gasteiger partial charge in [0, 0.05) is 5.70 Å². The highest BCUT2D eigenvalue weighted by atomic mass is 32.1. The van der Waals surface area contributed by atoms with E-state index in [4.69, 9.17) is 4.74 Å². The third-order valence-corrected chi connectivity index (χ3v) is 4.84. The number of unbranched alkanes of at least 4 members (excludes halogenated alkanes) is 1. The average molecular weight is 336 g/mol. The zero-order valence-electron chi connectivity index (χ0n) is 14.2. The van der Waals surface area contributed by atoms with Gasteiger partial charge in [0.05, 0.1) is 22.8 Å². The fourth-order valence-corrected chi connectivity index (χ4v) is 3.77. The number of carbonyl (C=O) groups excluding carboxylic acids is 1. The van der Waals surface area contributed by atoms with Gasteiger partial charge in [0.1, 0.15) is 0 Å². The van der Waals surface area contributed by atoms with E-state index in [0.717, 1.165) is 25.7 Å². The number of carbonyl (C=O) groups is 1. The molecule has 2 heterocycles. The highest BCUT2D eigenvalue weighted by molar-refractivity contribution is 7.07. The minimum Gasteiger partial charge on any atom is -0.463 e. The zero-order chi connectivity index (χ0) is 17.0. The molecule has 23 heavy (non-hydrogen) atoms. The minimum atomic E-state index is -0.366. The van der Waals surface area contributed by atoms with Gasteiger partial charge in [-0.1, -0.05) is 44.1 Å². The van der Waals surface area contributed by atoms with Gasteiger partial charge in [-0.15, -0.1) is 0 Å². The van der Waals surface area contributed by atoms with Crippen LogP contribution in [0.5, 0.6) is 0 Å². The number of nitrogens with zero attached hydrogens (tertiary/aromatic N) is 2. The fourth-order valence-electron chi connectivity index (χ4n) is 2.70. The van der Waals surface area contributed by atoms with Crippen molar-refractivity contribution in [2.24, 2.45) is 4.99 Å². The summed E-state index contributed by atoms with van der Waals surface area (Å²) in [6.07, 6.45) is 5.49. The molecule has 0 saturated heterocycles. The van der Waals surface area contributed by atoms with Crippen molar-refractivity contribution < 1.29 is 9.53 Å². The summed E-state index contributed by atoms with van der Waals surface area (Å²) in [5.74, 6) is -0.366. The molecule has 1 aromatic heterocycles. The Labute approximate surface area is 140 Å². The van der Waals surface area contributed by atoms with Crippen LogP contribution in [0.1, 0.15) is 53.4 Å². The lowest BCUT2D eigenvalue weighted by atomic mass is 10.00. The predicted molar refractivity (Wildman–Crippen MR) is 93.0 cm³/mol. The second-order valence-electron chi connectivity index (χ2n) is 5.54. The number of rotatable bonds is 6. The van der Waals surface area contributed by atoms with Crippen molar-refractivity contribution in [3.63, 3.8) is 0 Å². The Morgan fingerprint density at radius 1 is 1.35 bits per heavy atom. The third-order valence-electron chi connectivity index (χ3n) is 3.81. The monoisotopic (exact) mass is 336 g/mol. The molecule has 6 heteroatoms. The van der Waals surface area contributed by atoms with Crippen molar-refractivity contribution in [2.45, 2.75) is 59.4 Å². The maximum Gasteiger partial charge on any atom is 0.337 e. The van der Waals surface area contributed by atoms with E-state index in [9.17, 15) is 9.59 Å². The Hall–Kier alpha value is -1.69. The lowest BCUT2D eigenvalue weighted by molar-refractivity contribution is -0.138. The van der Waals surface area contributed by atoms with Crippen molar-refractivity contribution in [1.82, 2.24) is 4.57 Å². The Kier molecular flexibility index (Phi) is 5.93. The maximum atomic E-state index is 12.6. The van der Waals surface area contributed by atoms with Gasteiger partial charge in [-0.25, -0.2) is 9.79 Å². The zero-order valence-corrected chi connectivity index (χ0v) is 15.0. The summed E-state index contributed by atoms with van der Waals surface area (Å²) in [4.78, 5) is 30.3. The molecular weight excluding hydrogens is 312 g/mol. The van der Waals surface area contributed by atoms with Crippen molar-refractivity contribution >= 4 is 29.1 Å². The van der Waals surface area contributed by atoms with E-state index in [1.165, 1.54) is 11.3 Å². The van der Waals surface area contributed by atoms with Gasteiger partial charge in [-0.2, -0.15) is 0 Å². The highest BCUT2D eigenvalue weighted by Gasteiger charge is 2.29. The molecule has 0 bridgehead atoms. The molecule has 1 atom stereocenters. The molecule has 0 aliphatic carbocycles. The Morgan fingerprint density at radius 2 is 2.09 bits per heavy atom. The maximum absolute atomic E-state index is 12.6. The van der Waals surface area contributed by atoms with Crippen LogP contribution in [0.25, 0.3) is 11.8 Å². The van der Waals surface area contributed by atoms with Gasteiger partial charge in [0.2, 0.25) is 0 Å². The Morgan fingerprint density at radius 3 is 2.70 bits per heavy atom. The van der Waals surface area contributed by atoms with E-state index in [2.05, 4.69) is 18.8 Å². The summed E-state index contributed by atoms with van der Waals surface area (Å²) in [6.45, 7) is 8.04. The molecule has 0 aromatic carbocycles. The number of allylic oxidation sites excluding steroid dienone is 1. The van der Waals surface area contributed by atoms with E-state index < -0.39 is 0 Å². The molecule has 0 amide bonds. The first kappa shape index (κ1) is 17.7. The van der Waals surface area contributed by atoms with Crippen LogP contribution >= 0.6 is 11.3 Å². The van der Waals surface area contributed by atoms with Gasteiger partial charge >= 0.3 is 5.97 Å². The smallest absolute Gasteiger partial charge is 0.337 e. The van der Waals surface area contributed by atoms with E-state index >= 15 is 0 Å². The van der Waals surface area contributed by atoms with Crippen LogP contribution in [0, 0.1) is 0 Å². The summed E-state index contributed by atoms with van der Waals surface area (Å²) in [6, 6.07) is -0.226. The van der Waals surface area contributed by atoms with Gasteiger partial charge in [0.25, 0.3) is 5.56 Å². The predicted octanol–water partition coefficient (Wildman–Crippen LogP) is 2.09. The Bertz CT molecular complexity index is 786. The van der Waals surface area contributed by atoms with E-state index in [1.54, 1.807) is 11.5 Å². The van der Waals surface area contributed by atoms with Gasteiger partial charge < -0.3 is 4.74 Å². The summed E-state index contributed by atoms with van der Waals surface area (Å²) < 4.78 is 7.44. The first-order valence-corrected chi connectivity index (χ1v) is 9.04. The summed E-state index contributed by atoms with van der Waals surface area (Å²) >= 11 is 1.40. The molecule has 1 aromatic rings. The molecule has 0 spiro atoms. The summed E-state index contributed by atoms with van der Waals surface area (Å²) in [7, 11) is 0. The SMILES string of the molecule is CCC/C=c1\sc2n(c1=O)C(C)=C(C(=O)OCC)[C@H](CCC)N=2. The van der Waals surface area contributed by atoms with Crippen LogP contribution in [0.2, 0.25) is 0 Å². The van der Waals surface area contributed by atoms with Crippen molar-refractivity contribution in [2.75, 3.05) is 6.61 Å². The molecule has 2 rings (SSSR count). The van der Waals surface area contributed by atoms with Gasteiger partial charge in [-0.05, 0) is 26.7 Å². The number of ether oxygens (including phenoxy) is 1.